The second-order valence-electron chi connectivity index (χ2n) is 5.44. The molecule has 28 heavy (non-hydrogen) atoms. The normalized spacial score (nSPS) is 10.4. The number of hydrazine groups is 1. The van der Waals surface area contributed by atoms with Gasteiger partial charge in [0.05, 0.1) is 16.3 Å². The van der Waals surface area contributed by atoms with Crippen molar-refractivity contribution in [3.63, 3.8) is 0 Å². The summed E-state index contributed by atoms with van der Waals surface area (Å²) in [4.78, 5) is 20.2. The van der Waals surface area contributed by atoms with E-state index in [2.05, 4.69) is 42.1 Å². The molecule has 0 fully saturated rings. The Morgan fingerprint density at radius 1 is 1.11 bits per heavy atom. The summed E-state index contributed by atoms with van der Waals surface area (Å²) in [6.07, 6.45) is 1.21. The number of nitrogens with zero attached hydrogens (tertiary/aromatic N) is 2. The van der Waals surface area contributed by atoms with Crippen LogP contribution in [0.2, 0.25) is 10.0 Å². The summed E-state index contributed by atoms with van der Waals surface area (Å²) < 4.78 is 14.6. The number of carbonyl (C=O) groups excluding carboxylic acids is 1. The zero-order valence-electron chi connectivity index (χ0n) is 13.9. The van der Waals surface area contributed by atoms with Gasteiger partial charge < -0.3 is 11.1 Å². The summed E-state index contributed by atoms with van der Waals surface area (Å²) in [6, 6.07) is 8.96. The predicted molar refractivity (Wildman–Crippen MR) is 111 cm³/mol. The van der Waals surface area contributed by atoms with Gasteiger partial charge in [0, 0.05) is 9.50 Å². The van der Waals surface area contributed by atoms with Crippen molar-refractivity contribution in [1.29, 1.82) is 0 Å². The molecular weight excluding hydrogens is 474 g/mol. The summed E-state index contributed by atoms with van der Waals surface area (Å²) in [7, 11) is 0. The molecule has 144 valence electrons. The molecule has 0 radical (unpaired) electrons. The molecule has 3 rings (SSSR count). The zero-order chi connectivity index (χ0) is 20.3. The molecule has 1 amide bonds. The maximum Gasteiger partial charge on any atom is 0.271 e. The van der Waals surface area contributed by atoms with Crippen LogP contribution in [0, 0.1) is 5.82 Å². The fourth-order valence-corrected chi connectivity index (χ4v) is 3.00. The molecule has 0 aliphatic heterocycles. The SMILES string of the molecule is Nc1c(NNC(=O)c2ccc(Cl)cc2Cl)ncnc1Nc1ccc(Br)cc1F. The lowest BCUT2D eigenvalue weighted by molar-refractivity contribution is 0.0962. The Hall–Kier alpha value is -2.62. The monoisotopic (exact) mass is 484 g/mol. The number of hydrogen-bond acceptors (Lipinski definition) is 6. The summed E-state index contributed by atoms with van der Waals surface area (Å²) in [5.74, 6) is -0.730. The van der Waals surface area contributed by atoms with Crippen LogP contribution in [0.25, 0.3) is 0 Å². The molecular formula is C17H12BrCl2FN6O. The van der Waals surface area contributed by atoms with Gasteiger partial charge in [-0.1, -0.05) is 39.1 Å². The van der Waals surface area contributed by atoms with E-state index in [1.165, 1.54) is 36.7 Å². The Kier molecular flexibility index (Phi) is 6.18. The van der Waals surface area contributed by atoms with Crippen molar-refractivity contribution in [2.45, 2.75) is 0 Å². The predicted octanol–water partition coefficient (Wildman–Crippen LogP) is 4.77. The van der Waals surface area contributed by atoms with Crippen LogP contribution >= 0.6 is 39.1 Å². The Labute approximate surface area is 177 Å². The molecule has 0 aliphatic carbocycles. The van der Waals surface area contributed by atoms with Crippen LogP contribution in [0.3, 0.4) is 0 Å². The van der Waals surface area contributed by atoms with E-state index in [0.717, 1.165) is 0 Å². The second-order valence-corrected chi connectivity index (χ2v) is 7.20. The first kappa shape index (κ1) is 20.1. The summed E-state index contributed by atoms with van der Waals surface area (Å²) in [6.45, 7) is 0. The third-order valence-electron chi connectivity index (χ3n) is 3.54. The molecule has 3 aromatic rings. The standard InChI is InChI=1S/C17H12BrCl2FN6O/c18-8-1-4-13(12(21)5-8)25-15-14(22)16(24-7-23-15)26-27-17(28)10-3-2-9(19)6-11(10)20/h1-7H,22H2,(H,27,28)(H2,23,24,25,26). The number of nitrogen functional groups attached to an aromatic ring is 1. The smallest absolute Gasteiger partial charge is 0.271 e. The molecule has 0 spiro atoms. The Balaban J connectivity index is 1.75. The van der Waals surface area contributed by atoms with Gasteiger partial charge in [0.25, 0.3) is 5.91 Å². The maximum atomic E-state index is 14.0. The van der Waals surface area contributed by atoms with Crippen molar-refractivity contribution in [2.24, 2.45) is 0 Å². The highest BCUT2D eigenvalue weighted by Crippen LogP contribution is 2.28. The van der Waals surface area contributed by atoms with Gasteiger partial charge in [-0.05, 0) is 36.4 Å². The van der Waals surface area contributed by atoms with E-state index >= 15 is 0 Å². The molecule has 5 N–H and O–H groups in total. The highest BCUT2D eigenvalue weighted by Gasteiger charge is 2.14. The van der Waals surface area contributed by atoms with Crippen LogP contribution in [0.4, 0.5) is 27.4 Å². The number of carbonyl (C=O) groups is 1. The van der Waals surface area contributed by atoms with Gasteiger partial charge in [-0.15, -0.1) is 0 Å². The Morgan fingerprint density at radius 2 is 1.86 bits per heavy atom. The summed E-state index contributed by atoms with van der Waals surface area (Å²) >= 11 is 15.0. The highest BCUT2D eigenvalue weighted by molar-refractivity contribution is 9.10. The van der Waals surface area contributed by atoms with Crippen molar-refractivity contribution in [3.05, 3.63) is 68.6 Å². The average molecular weight is 486 g/mol. The molecule has 0 bridgehead atoms. The van der Waals surface area contributed by atoms with Gasteiger partial charge in [0.2, 0.25) is 0 Å². The van der Waals surface area contributed by atoms with Crippen LogP contribution < -0.4 is 21.9 Å². The fourth-order valence-electron chi connectivity index (χ4n) is 2.17. The molecule has 11 heteroatoms. The molecule has 0 saturated carbocycles. The number of anilines is 4. The largest absolute Gasteiger partial charge is 0.393 e. The van der Waals surface area contributed by atoms with E-state index < -0.39 is 11.7 Å². The van der Waals surface area contributed by atoms with Gasteiger partial charge in [-0.3, -0.25) is 15.6 Å². The molecule has 1 heterocycles. The van der Waals surface area contributed by atoms with Crippen molar-refractivity contribution in [2.75, 3.05) is 16.5 Å². The quantitative estimate of drug-likeness (QED) is 0.388. The number of halogens is 4. The molecule has 2 aromatic carbocycles. The van der Waals surface area contributed by atoms with Crippen molar-refractivity contribution in [3.8, 4) is 0 Å². The van der Waals surface area contributed by atoms with Gasteiger partial charge in [-0.2, -0.15) is 0 Å². The van der Waals surface area contributed by atoms with E-state index in [-0.39, 0.29) is 33.6 Å². The second kappa shape index (κ2) is 8.59. The number of aromatic nitrogens is 2. The molecule has 0 aliphatic rings. The highest BCUT2D eigenvalue weighted by atomic mass is 79.9. The van der Waals surface area contributed by atoms with Crippen molar-refractivity contribution < 1.29 is 9.18 Å². The number of nitrogens with two attached hydrogens (primary N) is 1. The number of benzene rings is 2. The minimum Gasteiger partial charge on any atom is -0.393 e. The molecule has 7 nitrogen and oxygen atoms in total. The van der Waals surface area contributed by atoms with Gasteiger partial charge >= 0.3 is 0 Å². The summed E-state index contributed by atoms with van der Waals surface area (Å²) in [5.41, 5.74) is 11.5. The van der Waals surface area contributed by atoms with E-state index in [9.17, 15) is 9.18 Å². The first-order chi connectivity index (χ1) is 13.3. The first-order valence-corrected chi connectivity index (χ1v) is 9.24. The van der Waals surface area contributed by atoms with Crippen LogP contribution in [-0.2, 0) is 0 Å². The van der Waals surface area contributed by atoms with Crippen molar-refractivity contribution in [1.82, 2.24) is 15.4 Å². The lowest BCUT2D eigenvalue weighted by Gasteiger charge is -2.14. The number of nitrogens with one attached hydrogen (secondary N) is 3. The van der Waals surface area contributed by atoms with Gasteiger partial charge in [-0.25, -0.2) is 14.4 Å². The third-order valence-corrected chi connectivity index (χ3v) is 4.58. The fraction of sp³-hybridized carbons (Fsp3) is 0. The minimum atomic E-state index is -0.520. The van der Waals surface area contributed by atoms with Gasteiger partial charge in [0.1, 0.15) is 17.8 Å². The molecule has 0 saturated heterocycles. The lowest BCUT2D eigenvalue weighted by Crippen LogP contribution is -2.30. The van der Waals surface area contributed by atoms with Gasteiger partial charge in [0.15, 0.2) is 11.6 Å². The first-order valence-electron chi connectivity index (χ1n) is 7.69. The van der Waals surface area contributed by atoms with Crippen molar-refractivity contribution >= 4 is 68.0 Å². The van der Waals surface area contributed by atoms with Crippen LogP contribution in [-0.4, -0.2) is 15.9 Å². The topological polar surface area (TPSA) is 105 Å². The lowest BCUT2D eigenvalue weighted by atomic mass is 10.2. The number of amides is 1. The number of rotatable bonds is 5. The minimum absolute atomic E-state index is 0.0762. The molecule has 0 unspecified atom stereocenters. The molecule has 0 atom stereocenters. The van der Waals surface area contributed by atoms with Crippen LogP contribution in [0.5, 0.6) is 0 Å². The van der Waals surface area contributed by atoms with E-state index in [1.807, 2.05) is 0 Å². The number of hydrogen-bond donors (Lipinski definition) is 4. The Bertz CT molecular complexity index is 1050. The van der Waals surface area contributed by atoms with E-state index in [1.54, 1.807) is 6.07 Å². The Morgan fingerprint density at radius 3 is 2.57 bits per heavy atom. The zero-order valence-corrected chi connectivity index (χ0v) is 17.0. The molecule has 1 aromatic heterocycles. The maximum absolute atomic E-state index is 14.0. The average Bonchev–Trinajstić information content (AvgIpc) is 2.64. The van der Waals surface area contributed by atoms with E-state index in [0.29, 0.717) is 9.50 Å². The van der Waals surface area contributed by atoms with Crippen LogP contribution in [0.15, 0.2) is 47.2 Å². The van der Waals surface area contributed by atoms with Crippen LogP contribution in [0.1, 0.15) is 10.4 Å². The van der Waals surface area contributed by atoms with E-state index in [4.69, 9.17) is 28.9 Å². The third kappa shape index (κ3) is 4.61. The summed E-state index contributed by atoms with van der Waals surface area (Å²) in [5, 5.41) is 3.38.